The number of nitrogens with one attached hydrogen (secondary N) is 1. The van der Waals surface area contributed by atoms with Crippen LogP contribution in [0, 0.1) is 5.92 Å². The first-order chi connectivity index (χ1) is 11.9. The Kier molecular flexibility index (Phi) is 5.70. The van der Waals surface area contributed by atoms with Crippen molar-refractivity contribution in [3.8, 4) is 0 Å². The molecule has 0 spiro atoms. The number of carbonyl (C=O) groups is 1. The van der Waals surface area contributed by atoms with Crippen LogP contribution in [-0.2, 0) is 21.9 Å². The molecule has 0 atom stereocenters. The Morgan fingerprint density at radius 3 is 2.40 bits per heavy atom. The number of hydrogen-bond acceptors (Lipinski definition) is 4. The van der Waals surface area contributed by atoms with E-state index in [4.69, 9.17) is 11.6 Å². The van der Waals surface area contributed by atoms with E-state index in [2.05, 4.69) is 9.71 Å². The first-order valence-electron chi connectivity index (χ1n) is 8.86. The Hall–Kier alpha value is -1.12. The normalized spacial score (nSPS) is 20.8. The summed E-state index contributed by atoms with van der Waals surface area (Å²) in [5, 5.41) is -0.0465. The Bertz CT molecular complexity index is 720. The van der Waals surface area contributed by atoms with Crippen molar-refractivity contribution >= 4 is 27.5 Å². The summed E-state index contributed by atoms with van der Waals surface area (Å²) in [7, 11) is -2.10. The third kappa shape index (κ3) is 4.17. The number of rotatable bonds is 4. The van der Waals surface area contributed by atoms with Crippen molar-refractivity contribution in [2.45, 2.75) is 56.0 Å². The molecule has 140 valence electrons. The molecule has 1 saturated heterocycles. The van der Waals surface area contributed by atoms with Gasteiger partial charge in [0.2, 0.25) is 10.9 Å². The molecule has 3 rings (SSSR count). The van der Waals surface area contributed by atoms with Crippen LogP contribution in [0.1, 0.15) is 44.9 Å². The van der Waals surface area contributed by atoms with Gasteiger partial charge in [-0.05, 0) is 25.7 Å². The van der Waals surface area contributed by atoms with Crippen molar-refractivity contribution in [1.29, 1.82) is 0 Å². The zero-order valence-corrected chi connectivity index (χ0v) is 16.0. The lowest BCUT2D eigenvalue weighted by Crippen LogP contribution is -2.48. The summed E-state index contributed by atoms with van der Waals surface area (Å²) in [6.07, 6.45) is 8.08. The molecule has 1 amide bonds. The number of halogens is 1. The van der Waals surface area contributed by atoms with Gasteiger partial charge in [-0.25, -0.2) is 18.1 Å². The summed E-state index contributed by atoms with van der Waals surface area (Å²) in [4.78, 5) is 18.3. The van der Waals surface area contributed by atoms with E-state index in [0.29, 0.717) is 25.9 Å². The SMILES string of the molecule is Cn1cnc(S(=O)(=O)NC2CCN(C(=O)C3CCCCC3)CC2)c1Cl. The molecular weight excluding hydrogens is 364 g/mol. The Morgan fingerprint density at radius 1 is 1.20 bits per heavy atom. The summed E-state index contributed by atoms with van der Waals surface area (Å²) in [5.41, 5.74) is 0. The van der Waals surface area contributed by atoms with Crippen molar-refractivity contribution in [2.75, 3.05) is 13.1 Å². The molecule has 1 aromatic heterocycles. The van der Waals surface area contributed by atoms with E-state index >= 15 is 0 Å². The highest BCUT2D eigenvalue weighted by Crippen LogP contribution is 2.27. The second-order valence-electron chi connectivity index (χ2n) is 7.01. The standard InChI is InChI=1S/C16H25ClN4O3S/c1-20-11-18-15(14(20)17)25(23,24)19-13-7-9-21(10-8-13)16(22)12-5-3-2-4-6-12/h11-13,19H,2-10H2,1H3. The number of hydrogen-bond donors (Lipinski definition) is 1. The van der Waals surface area contributed by atoms with Gasteiger partial charge in [0.05, 0.1) is 6.33 Å². The number of aryl methyl sites for hydroxylation is 1. The van der Waals surface area contributed by atoms with Crippen molar-refractivity contribution < 1.29 is 13.2 Å². The zero-order chi connectivity index (χ0) is 18.0. The number of likely N-dealkylation sites (tertiary alicyclic amines) is 1. The van der Waals surface area contributed by atoms with Crippen LogP contribution in [0.15, 0.2) is 11.4 Å². The minimum Gasteiger partial charge on any atom is -0.342 e. The van der Waals surface area contributed by atoms with Crippen LogP contribution in [0.25, 0.3) is 0 Å². The van der Waals surface area contributed by atoms with Crippen molar-refractivity contribution in [3.63, 3.8) is 0 Å². The Morgan fingerprint density at radius 2 is 1.84 bits per heavy atom. The molecule has 1 saturated carbocycles. The number of imidazole rings is 1. The van der Waals surface area contributed by atoms with Crippen LogP contribution in [-0.4, -0.2) is 47.9 Å². The van der Waals surface area contributed by atoms with Gasteiger partial charge in [0.15, 0.2) is 0 Å². The number of sulfonamides is 1. The summed E-state index contributed by atoms with van der Waals surface area (Å²) in [6, 6.07) is -0.196. The quantitative estimate of drug-likeness (QED) is 0.854. The lowest BCUT2D eigenvalue weighted by Gasteiger charge is -2.35. The summed E-state index contributed by atoms with van der Waals surface area (Å²) < 4.78 is 29.0. The molecule has 9 heteroatoms. The zero-order valence-electron chi connectivity index (χ0n) is 14.4. The highest BCUT2D eigenvalue weighted by atomic mass is 35.5. The van der Waals surface area contributed by atoms with Crippen LogP contribution < -0.4 is 4.72 Å². The third-order valence-corrected chi connectivity index (χ3v) is 7.18. The number of amides is 1. The van der Waals surface area contributed by atoms with Gasteiger partial charge in [-0.1, -0.05) is 30.9 Å². The maximum Gasteiger partial charge on any atom is 0.261 e. The minimum absolute atomic E-state index is 0.0948. The molecule has 0 unspecified atom stereocenters. The van der Waals surface area contributed by atoms with Crippen LogP contribution >= 0.6 is 11.6 Å². The van der Waals surface area contributed by atoms with Crippen LogP contribution in [0.5, 0.6) is 0 Å². The second kappa shape index (κ2) is 7.63. The Balaban J connectivity index is 1.55. The minimum atomic E-state index is -3.75. The molecule has 25 heavy (non-hydrogen) atoms. The molecule has 2 fully saturated rings. The monoisotopic (exact) mass is 388 g/mol. The fraction of sp³-hybridized carbons (Fsp3) is 0.750. The van der Waals surface area contributed by atoms with E-state index in [1.54, 1.807) is 7.05 Å². The van der Waals surface area contributed by atoms with Crippen molar-refractivity contribution in [2.24, 2.45) is 13.0 Å². The molecule has 1 aromatic rings. The maximum atomic E-state index is 12.6. The van der Waals surface area contributed by atoms with E-state index in [1.165, 1.54) is 17.3 Å². The van der Waals surface area contributed by atoms with E-state index in [0.717, 1.165) is 25.7 Å². The maximum absolute atomic E-state index is 12.6. The topological polar surface area (TPSA) is 84.3 Å². The summed E-state index contributed by atoms with van der Waals surface area (Å²) >= 11 is 5.99. The number of piperidine rings is 1. The van der Waals surface area contributed by atoms with Gasteiger partial charge in [-0.2, -0.15) is 0 Å². The summed E-state index contributed by atoms with van der Waals surface area (Å²) in [6.45, 7) is 1.19. The first kappa shape index (κ1) is 18.7. The molecular formula is C16H25ClN4O3S. The van der Waals surface area contributed by atoms with E-state index in [-0.39, 0.29) is 28.0 Å². The highest BCUT2D eigenvalue weighted by molar-refractivity contribution is 7.89. The van der Waals surface area contributed by atoms with Gasteiger partial charge >= 0.3 is 0 Å². The summed E-state index contributed by atoms with van der Waals surface area (Å²) in [5.74, 6) is 0.406. The lowest BCUT2D eigenvalue weighted by molar-refractivity contribution is -0.137. The van der Waals surface area contributed by atoms with Gasteiger partial charge in [-0.3, -0.25) is 4.79 Å². The van der Waals surface area contributed by atoms with Crippen LogP contribution in [0.2, 0.25) is 5.15 Å². The molecule has 1 N–H and O–H groups in total. The molecule has 1 aliphatic carbocycles. The van der Waals surface area contributed by atoms with Crippen molar-refractivity contribution in [1.82, 2.24) is 19.2 Å². The predicted molar refractivity (Wildman–Crippen MR) is 94.7 cm³/mol. The average Bonchev–Trinajstić information content (AvgIpc) is 2.95. The highest BCUT2D eigenvalue weighted by Gasteiger charge is 2.32. The largest absolute Gasteiger partial charge is 0.342 e. The number of aromatic nitrogens is 2. The smallest absolute Gasteiger partial charge is 0.261 e. The lowest BCUT2D eigenvalue weighted by atomic mass is 9.87. The molecule has 0 radical (unpaired) electrons. The van der Waals surface area contributed by atoms with Crippen LogP contribution in [0.4, 0.5) is 0 Å². The van der Waals surface area contributed by atoms with Gasteiger partial charge in [0.25, 0.3) is 10.0 Å². The molecule has 2 heterocycles. The fourth-order valence-electron chi connectivity index (χ4n) is 3.67. The van der Waals surface area contributed by atoms with Crippen LogP contribution in [0.3, 0.4) is 0 Å². The van der Waals surface area contributed by atoms with E-state index < -0.39 is 10.0 Å². The predicted octanol–water partition coefficient (Wildman–Crippen LogP) is 1.92. The van der Waals surface area contributed by atoms with Crippen molar-refractivity contribution in [3.05, 3.63) is 11.5 Å². The molecule has 7 nitrogen and oxygen atoms in total. The second-order valence-corrected chi connectivity index (χ2v) is 8.99. The number of nitrogens with zero attached hydrogens (tertiary/aromatic N) is 3. The fourth-order valence-corrected chi connectivity index (χ4v) is 5.41. The van der Waals surface area contributed by atoms with Gasteiger partial charge in [-0.15, -0.1) is 0 Å². The molecule has 1 aliphatic heterocycles. The third-order valence-electron chi connectivity index (χ3n) is 5.17. The number of carbonyl (C=O) groups excluding carboxylic acids is 1. The molecule has 2 aliphatic rings. The van der Waals surface area contributed by atoms with E-state index in [1.807, 2.05) is 4.90 Å². The van der Waals surface area contributed by atoms with Gasteiger partial charge in [0.1, 0.15) is 5.15 Å². The van der Waals surface area contributed by atoms with Gasteiger partial charge in [0, 0.05) is 32.1 Å². The average molecular weight is 389 g/mol. The van der Waals surface area contributed by atoms with E-state index in [9.17, 15) is 13.2 Å². The molecule has 0 bridgehead atoms. The molecule has 0 aromatic carbocycles. The first-order valence-corrected chi connectivity index (χ1v) is 10.7. The Labute approximate surface area is 153 Å². The van der Waals surface area contributed by atoms with Gasteiger partial charge < -0.3 is 9.47 Å².